The quantitative estimate of drug-likeness (QED) is 0.186. The van der Waals surface area contributed by atoms with Gasteiger partial charge in [-0.15, -0.1) is 0 Å². The van der Waals surface area contributed by atoms with Crippen molar-refractivity contribution in [1.82, 2.24) is 9.78 Å². The van der Waals surface area contributed by atoms with Crippen molar-refractivity contribution in [1.29, 1.82) is 5.26 Å². The molecule has 0 fully saturated rings. The van der Waals surface area contributed by atoms with Crippen LogP contribution in [0.4, 0.5) is 0 Å². The Balaban J connectivity index is 1.92. The Morgan fingerprint density at radius 1 is 0.750 bits per heavy atom. The van der Waals surface area contributed by atoms with E-state index in [1.54, 1.807) is 4.68 Å². The summed E-state index contributed by atoms with van der Waals surface area (Å²) in [6, 6.07) is 42.2. The zero-order valence-corrected chi connectivity index (χ0v) is 24.1. The third-order valence-corrected chi connectivity index (χ3v) is 11.3. The molecule has 0 amide bonds. The summed E-state index contributed by atoms with van der Waals surface area (Å²) >= 11 is 0. The second-order valence-electron chi connectivity index (χ2n) is 10.9. The zero-order valence-electron chi connectivity index (χ0n) is 23.2. The fourth-order valence-electron chi connectivity index (χ4n) is 4.98. The van der Waals surface area contributed by atoms with E-state index < -0.39 is 6.89 Å². The van der Waals surface area contributed by atoms with Crippen LogP contribution in [0.15, 0.2) is 121 Å². The summed E-state index contributed by atoms with van der Waals surface area (Å²) in [5.74, 6) is -0.309. The molecule has 1 aromatic heterocycles. The number of hydrogen-bond donors (Lipinski definition) is 0. The normalized spacial score (nSPS) is 11.6. The van der Waals surface area contributed by atoms with Gasteiger partial charge in [0.2, 0.25) is 5.78 Å². The van der Waals surface area contributed by atoms with E-state index in [2.05, 4.69) is 26.8 Å². The van der Waals surface area contributed by atoms with E-state index in [-0.39, 0.29) is 16.5 Å². The van der Waals surface area contributed by atoms with E-state index in [1.165, 1.54) is 0 Å². The van der Waals surface area contributed by atoms with Gasteiger partial charge in [0, 0.05) is 5.41 Å². The Morgan fingerprint density at radius 3 is 1.60 bits per heavy atom. The molecule has 40 heavy (non-hydrogen) atoms. The average molecular weight is 542 g/mol. The third-order valence-electron chi connectivity index (χ3n) is 7.08. The molecular formula is C35H32N3OP. The Hall–Kier alpha value is -4.45. The predicted molar refractivity (Wildman–Crippen MR) is 167 cm³/mol. The number of ketones is 1. The number of nitriles is 1. The van der Waals surface area contributed by atoms with Gasteiger partial charge in [-0.3, -0.25) is 4.79 Å². The number of aryl methyl sites for hydroxylation is 1. The molecule has 5 aromatic rings. The van der Waals surface area contributed by atoms with Crippen LogP contribution in [0.25, 0.3) is 5.69 Å². The fraction of sp³-hybridized carbons (Fsp3) is 0.143. The molecule has 5 heteroatoms. The Labute approximate surface area is 236 Å². The average Bonchev–Trinajstić information content (AvgIpc) is 3.44. The minimum atomic E-state index is -2.87. The Morgan fingerprint density at radius 2 is 1.20 bits per heavy atom. The summed E-state index contributed by atoms with van der Waals surface area (Å²) < 4.78 is 1.70. The summed E-state index contributed by atoms with van der Waals surface area (Å²) in [6.45, 7) is 5.39. The van der Waals surface area contributed by atoms with E-state index in [0.29, 0.717) is 5.69 Å². The first-order valence-corrected chi connectivity index (χ1v) is 15.1. The highest BCUT2D eigenvalue weighted by molar-refractivity contribution is 7.97. The van der Waals surface area contributed by atoms with Gasteiger partial charge in [0.25, 0.3) is 0 Å². The lowest BCUT2D eigenvalue weighted by molar-refractivity contribution is 0.106. The van der Waals surface area contributed by atoms with Gasteiger partial charge >= 0.3 is 0 Å². The van der Waals surface area contributed by atoms with Crippen LogP contribution in [0.5, 0.6) is 0 Å². The van der Waals surface area contributed by atoms with Crippen molar-refractivity contribution in [3.8, 4) is 11.8 Å². The molecule has 0 aliphatic rings. The molecule has 0 atom stereocenters. The Bertz CT molecular complexity index is 1640. The molecule has 0 unspecified atom stereocenters. The maximum atomic E-state index is 14.9. The first kappa shape index (κ1) is 27.1. The lowest BCUT2D eigenvalue weighted by Crippen LogP contribution is -2.33. The van der Waals surface area contributed by atoms with Crippen molar-refractivity contribution in [2.45, 2.75) is 33.1 Å². The number of hydrogen-bond acceptors (Lipinski definition) is 3. The zero-order chi connectivity index (χ0) is 28.3. The third kappa shape index (κ3) is 4.86. The molecule has 4 aromatic carbocycles. The van der Waals surface area contributed by atoms with E-state index >= 15 is 0 Å². The van der Waals surface area contributed by atoms with Gasteiger partial charge in [0.1, 0.15) is 17.1 Å². The van der Waals surface area contributed by atoms with Gasteiger partial charge in [0.15, 0.2) is 0 Å². The molecule has 198 valence electrons. The van der Waals surface area contributed by atoms with Crippen LogP contribution < -0.4 is 15.9 Å². The molecule has 4 nitrogen and oxygen atoms in total. The van der Waals surface area contributed by atoms with Gasteiger partial charge in [-0.25, -0.2) is 4.68 Å². The van der Waals surface area contributed by atoms with Crippen molar-refractivity contribution in [3.63, 3.8) is 0 Å². The first-order valence-electron chi connectivity index (χ1n) is 13.3. The molecule has 5 rings (SSSR count). The smallest absolute Gasteiger partial charge is 0.223 e. The largest absolute Gasteiger partial charge is 0.286 e. The molecule has 0 saturated heterocycles. The number of carbonyl (C=O) groups excluding carboxylic acids is 1. The minimum absolute atomic E-state index is 0.227. The van der Waals surface area contributed by atoms with Crippen LogP contribution in [0.2, 0.25) is 0 Å². The lowest BCUT2D eigenvalue weighted by atomic mass is 9.92. The van der Waals surface area contributed by atoms with Crippen LogP contribution in [0, 0.1) is 18.3 Å². The molecule has 0 N–H and O–H groups in total. The summed E-state index contributed by atoms with van der Waals surface area (Å²) in [6.07, 6.45) is 0. The molecule has 0 bridgehead atoms. The summed E-state index contributed by atoms with van der Waals surface area (Å²) in [4.78, 5) is 14.9. The van der Waals surface area contributed by atoms with Crippen LogP contribution >= 0.6 is 6.89 Å². The summed E-state index contributed by atoms with van der Waals surface area (Å²) in [5, 5.41) is 18.9. The maximum Gasteiger partial charge on any atom is 0.223 e. The molecule has 0 radical (unpaired) electrons. The van der Waals surface area contributed by atoms with Crippen LogP contribution in [0.3, 0.4) is 0 Å². The Kier molecular flexibility index (Phi) is 7.44. The number of benzene rings is 4. The molecular weight excluding hydrogens is 509 g/mol. The van der Waals surface area contributed by atoms with E-state index in [9.17, 15) is 10.1 Å². The summed E-state index contributed by atoms with van der Waals surface area (Å²) in [5.41, 5.74) is 2.79. The van der Waals surface area contributed by atoms with Gasteiger partial charge in [-0.1, -0.05) is 129 Å². The minimum Gasteiger partial charge on any atom is -0.286 e. The fourth-order valence-corrected chi connectivity index (χ4v) is 9.08. The predicted octanol–water partition coefficient (Wildman–Crippen LogP) is 6.35. The van der Waals surface area contributed by atoms with Crippen LogP contribution in [-0.2, 0) is 5.41 Å². The van der Waals surface area contributed by atoms with Gasteiger partial charge in [-0.05, 0) is 47.9 Å². The van der Waals surface area contributed by atoms with Crippen molar-refractivity contribution in [2.75, 3.05) is 0 Å². The molecule has 1 heterocycles. The van der Waals surface area contributed by atoms with Gasteiger partial charge in [0.05, 0.1) is 11.4 Å². The molecule has 0 saturated carbocycles. The topological polar surface area (TPSA) is 58.7 Å². The number of carbonyl (C=O) groups is 1. The highest BCUT2D eigenvalue weighted by atomic mass is 31.2. The van der Waals surface area contributed by atoms with Gasteiger partial charge in [-0.2, -0.15) is 10.4 Å². The summed E-state index contributed by atoms with van der Waals surface area (Å²) in [7, 11) is 0. The highest BCUT2D eigenvalue weighted by Crippen LogP contribution is 2.46. The van der Waals surface area contributed by atoms with Crippen molar-refractivity contribution in [2.24, 2.45) is 0 Å². The molecule has 0 spiro atoms. The highest BCUT2D eigenvalue weighted by Gasteiger charge is 2.35. The first-order chi connectivity index (χ1) is 19.3. The van der Waals surface area contributed by atoms with Crippen LogP contribution in [0.1, 0.15) is 42.5 Å². The molecule has 0 aliphatic heterocycles. The SMILES string of the molecule is Cc1ccc(-n2nc(C(C)(C)C)cc2C(=O)C(C#N)=P(c2ccccc2)(c2ccccc2)c2ccccc2)cc1. The van der Waals surface area contributed by atoms with E-state index in [4.69, 9.17) is 5.10 Å². The van der Waals surface area contributed by atoms with Crippen molar-refractivity contribution in [3.05, 3.63) is 138 Å². The van der Waals surface area contributed by atoms with E-state index in [0.717, 1.165) is 32.9 Å². The maximum absolute atomic E-state index is 14.9. The lowest BCUT2D eigenvalue weighted by Gasteiger charge is -2.30. The van der Waals surface area contributed by atoms with Crippen molar-refractivity contribution < 1.29 is 4.79 Å². The number of nitrogens with zero attached hydrogens (tertiary/aromatic N) is 3. The number of aromatic nitrogens is 2. The molecule has 0 aliphatic carbocycles. The standard InChI is InChI=1S/C35H32N3OP/c1-26-20-22-27(23-21-26)38-31(24-33(37-38)35(2,3)4)34(39)32(25-36)40(28-14-8-5-9-15-28,29-16-10-6-11-17-29)30-18-12-7-13-19-30/h5-24H,1-4H3. The van der Waals surface area contributed by atoms with E-state index in [1.807, 2.05) is 128 Å². The number of Topliss-reactive ketones (excluding diaryl/α,β-unsaturated/α-hetero) is 1. The van der Waals surface area contributed by atoms with Crippen LogP contribution in [-0.4, -0.2) is 20.9 Å². The monoisotopic (exact) mass is 541 g/mol. The second-order valence-corrected chi connectivity index (χ2v) is 14.2. The van der Waals surface area contributed by atoms with Gasteiger partial charge < -0.3 is 0 Å². The number of rotatable bonds is 6. The second kappa shape index (κ2) is 11.0. The van der Waals surface area contributed by atoms with Crippen molar-refractivity contribution >= 4 is 33.9 Å².